The number of hydrogen-bond donors (Lipinski definition) is 1. The molecule has 0 spiro atoms. The van der Waals surface area contributed by atoms with Crippen LogP contribution in [0.5, 0.6) is 5.75 Å². The van der Waals surface area contributed by atoms with Crippen molar-refractivity contribution in [1.82, 2.24) is 0 Å². The molecule has 0 aliphatic heterocycles. The van der Waals surface area contributed by atoms with Crippen molar-refractivity contribution in [2.45, 2.75) is 19.4 Å². The Bertz CT molecular complexity index is 906. The fourth-order valence-electron chi connectivity index (χ4n) is 2.59. The topological polar surface area (TPSA) is 38.3 Å². The molecule has 0 aliphatic carbocycles. The first-order chi connectivity index (χ1) is 12.1. The summed E-state index contributed by atoms with van der Waals surface area (Å²) in [5, 5.41) is 5.53. The van der Waals surface area contributed by atoms with Gasteiger partial charge in [-0.2, -0.15) is 0 Å². The monoisotopic (exact) mass is 373 g/mol. The number of amides is 1. The Kier molecular flexibility index (Phi) is 5.47. The van der Waals surface area contributed by atoms with Crippen LogP contribution in [-0.2, 0) is 4.79 Å². The standard InChI is InChI=1S/C20H17Cl2NO2/c1-2-17(20(24)23-16-11-6-10-15(21)19(16)22)25-18-12-5-8-13-7-3-4-9-14(13)18/h3-12,17H,2H2,1H3,(H,23,24)/t17-/m0/s1. The van der Waals surface area contributed by atoms with E-state index in [1.807, 2.05) is 49.4 Å². The van der Waals surface area contributed by atoms with Gasteiger partial charge in [-0.05, 0) is 30.0 Å². The van der Waals surface area contributed by atoms with E-state index in [0.29, 0.717) is 27.9 Å². The van der Waals surface area contributed by atoms with E-state index < -0.39 is 6.10 Å². The summed E-state index contributed by atoms with van der Waals surface area (Å²) >= 11 is 12.1. The molecule has 0 saturated carbocycles. The number of benzene rings is 3. The Morgan fingerprint density at radius 1 is 1.04 bits per heavy atom. The lowest BCUT2D eigenvalue weighted by atomic mass is 10.1. The summed E-state index contributed by atoms with van der Waals surface area (Å²) < 4.78 is 5.99. The van der Waals surface area contributed by atoms with Gasteiger partial charge in [0.1, 0.15) is 5.75 Å². The Balaban J connectivity index is 1.82. The van der Waals surface area contributed by atoms with Crippen LogP contribution in [0.2, 0.25) is 10.0 Å². The number of carbonyl (C=O) groups is 1. The zero-order chi connectivity index (χ0) is 17.8. The molecule has 0 aliphatic rings. The van der Waals surface area contributed by atoms with Gasteiger partial charge >= 0.3 is 0 Å². The molecule has 0 heterocycles. The second kappa shape index (κ2) is 7.77. The van der Waals surface area contributed by atoms with E-state index in [1.54, 1.807) is 18.2 Å². The van der Waals surface area contributed by atoms with Crippen LogP contribution in [0.4, 0.5) is 5.69 Å². The minimum absolute atomic E-state index is 0.264. The van der Waals surface area contributed by atoms with Gasteiger partial charge < -0.3 is 10.1 Å². The van der Waals surface area contributed by atoms with E-state index in [1.165, 1.54) is 0 Å². The van der Waals surface area contributed by atoms with Crippen molar-refractivity contribution in [3.05, 3.63) is 70.7 Å². The van der Waals surface area contributed by atoms with E-state index >= 15 is 0 Å². The summed E-state index contributed by atoms with van der Waals surface area (Å²) in [7, 11) is 0. The molecule has 0 fully saturated rings. The fraction of sp³-hybridized carbons (Fsp3) is 0.150. The van der Waals surface area contributed by atoms with Crippen molar-refractivity contribution in [3.8, 4) is 5.75 Å². The second-order valence-corrected chi connectivity index (χ2v) is 6.37. The zero-order valence-electron chi connectivity index (χ0n) is 13.6. The third kappa shape index (κ3) is 3.89. The smallest absolute Gasteiger partial charge is 0.265 e. The minimum atomic E-state index is -0.638. The number of hydrogen-bond acceptors (Lipinski definition) is 2. The van der Waals surface area contributed by atoms with Crippen molar-refractivity contribution >= 4 is 45.6 Å². The number of rotatable bonds is 5. The highest BCUT2D eigenvalue weighted by Crippen LogP contribution is 2.30. The van der Waals surface area contributed by atoms with E-state index in [4.69, 9.17) is 27.9 Å². The van der Waals surface area contributed by atoms with Crippen LogP contribution in [0.3, 0.4) is 0 Å². The van der Waals surface area contributed by atoms with Crippen LogP contribution in [0.25, 0.3) is 10.8 Å². The summed E-state index contributed by atoms with van der Waals surface area (Å²) in [5.74, 6) is 0.414. The maximum Gasteiger partial charge on any atom is 0.265 e. The number of ether oxygens (including phenoxy) is 1. The highest BCUT2D eigenvalue weighted by molar-refractivity contribution is 6.44. The van der Waals surface area contributed by atoms with Crippen molar-refractivity contribution < 1.29 is 9.53 Å². The molecule has 1 atom stereocenters. The number of nitrogens with one attached hydrogen (secondary N) is 1. The molecule has 3 nitrogen and oxygen atoms in total. The van der Waals surface area contributed by atoms with Crippen LogP contribution in [0, 0.1) is 0 Å². The molecule has 1 amide bonds. The highest BCUT2D eigenvalue weighted by atomic mass is 35.5. The summed E-state index contributed by atoms with van der Waals surface area (Å²) in [4.78, 5) is 12.6. The molecule has 5 heteroatoms. The van der Waals surface area contributed by atoms with Crippen molar-refractivity contribution in [2.24, 2.45) is 0 Å². The first kappa shape index (κ1) is 17.6. The molecule has 1 N–H and O–H groups in total. The van der Waals surface area contributed by atoms with Gasteiger partial charge in [0, 0.05) is 5.39 Å². The second-order valence-electron chi connectivity index (χ2n) is 5.58. The van der Waals surface area contributed by atoms with Crippen LogP contribution in [-0.4, -0.2) is 12.0 Å². The van der Waals surface area contributed by atoms with Crippen molar-refractivity contribution in [2.75, 3.05) is 5.32 Å². The molecule has 0 bridgehead atoms. The lowest BCUT2D eigenvalue weighted by molar-refractivity contribution is -0.122. The summed E-state index contributed by atoms with van der Waals surface area (Å²) in [6, 6.07) is 18.8. The van der Waals surface area contributed by atoms with E-state index in [0.717, 1.165) is 10.8 Å². The quantitative estimate of drug-likeness (QED) is 0.600. The maximum atomic E-state index is 12.6. The molecule has 25 heavy (non-hydrogen) atoms. The summed E-state index contributed by atoms with van der Waals surface area (Å²) in [6.45, 7) is 1.90. The van der Waals surface area contributed by atoms with Gasteiger partial charge in [-0.25, -0.2) is 0 Å². The predicted octanol–water partition coefficient (Wildman–Crippen LogP) is 5.94. The van der Waals surface area contributed by atoms with Crippen LogP contribution < -0.4 is 10.1 Å². The number of fused-ring (bicyclic) bond motifs is 1. The van der Waals surface area contributed by atoms with E-state index in [9.17, 15) is 4.79 Å². The average molecular weight is 374 g/mol. The maximum absolute atomic E-state index is 12.6. The molecule has 0 radical (unpaired) electrons. The Labute approximate surface area is 156 Å². The Morgan fingerprint density at radius 2 is 1.76 bits per heavy atom. The lowest BCUT2D eigenvalue weighted by Crippen LogP contribution is -2.32. The summed E-state index contributed by atoms with van der Waals surface area (Å²) in [5.41, 5.74) is 0.471. The third-order valence-corrected chi connectivity index (χ3v) is 4.71. The van der Waals surface area contributed by atoms with Gasteiger partial charge in [-0.15, -0.1) is 0 Å². The van der Waals surface area contributed by atoms with Crippen LogP contribution in [0.1, 0.15) is 13.3 Å². The normalized spacial score (nSPS) is 12.0. The van der Waals surface area contributed by atoms with Crippen molar-refractivity contribution in [3.63, 3.8) is 0 Å². The Hall–Kier alpha value is -2.23. The molecule has 3 aromatic carbocycles. The minimum Gasteiger partial charge on any atom is -0.480 e. The SMILES string of the molecule is CC[C@H](Oc1cccc2ccccc12)C(=O)Nc1cccc(Cl)c1Cl. The number of halogens is 2. The molecule has 3 aromatic rings. The molecular weight excluding hydrogens is 357 g/mol. The van der Waals surface area contributed by atoms with Crippen LogP contribution >= 0.6 is 23.2 Å². The third-order valence-electron chi connectivity index (χ3n) is 3.89. The average Bonchev–Trinajstić information content (AvgIpc) is 2.63. The van der Waals surface area contributed by atoms with Gasteiger partial charge in [0.2, 0.25) is 0 Å². The molecule has 0 unspecified atom stereocenters. The predicted molar refractivity (Wildman–Crippen MR) is 104 cm³/mol. The molecular formula is C20H17Cl2NO2. The van der Waals surface area contributed by atoms with Gasteiger partial charge in [-0.3, -0.25) is 4.79 Å². The van der Waals surface area contributed by atoms with Gasteiger partial charge in [0.25, 0.3) is 5.91 Å². The van der Waals surface area contributed by atoms with Gasteiger partial charge in [0.05, 0.1) is 15.7 Å². The number of anilines is 1. The van der Waals surface area contributed by atoms with Gasteiger partial charge in [-0.1, -0.05) is 72.6 Å². The fourth-order valence-corrected chi connectivity index (χ4v) is 2.94. The molecule has 3 rings (SSSR count). The molecule has 0 saturated heterocycles. The van der Waals surface area contributed by atoms with E-state index in [2.05, 4.69) is 5.32 Å². The number of carbonyl (C=O) groups excluding carboxylic acids is 1. The zero-order valence-corrected chi connectivity index (χ0v) is 15.1. The first-order valence-corrected chi connectivity index (χ1v) is 8.75. The van der Waals surface area contributed by atoms with E-state index in [-0.39, 0.29) is 5.91 Å². The van der Waals surface area contributed by atoms with Crippen LogP contribution in [0.15, 0.2) is 60.7 Å². The molecule has 0 aromatic heterocycles. The Morgan fingerprint density at radius 3 is 2.56 bits per heavy atom. The van der Waals surface area contributed by atoms with Gasteiger partial charge in [0.15, 0.2) is 6.10 Å². The molecule has 128 valence electrons. The largest absolute Gasteiger partial charge is 0.480 e. The van der Waals surface area contributed by atoms with Crippen molar-refractivity contribution in [1.29, 1.82) is 0 Å². The lowest BCUT2D eigenvalue weighted by Gasteiger charge is -2.19. The summed E-state index contributed by atoms with van der Waals surface area (Å²) in [6.07, 6.45) is -0.117. The first-order valence-electron chi connectivity index (χ1n) is 7.99. The highest BCUT2D eigenvalue weighted by Gasteiger charge is 2.20.